The molecule has 0 radical (unpaired) electrons. The molecule has 122 valence electrons. The highest BCUT2D eigenvalue weighted by Gasteiger charge is 2.29. The molecule has 1 heterocycles. The zero-order valence-corrected chi connectivity index (χ0v) is 13.9. The first-order valence-electron chi connectivity index (χ1n) is 8.42. The number of anilines is 1. The molecule has 1 aliphatic heterocycles. The van der Waals surface area contributed by atoms with Crippen LogP contribution in [0.5, 0.6) is 11.5 Å². The van der Waals surface area contributed by atoms with Crippen molar-refractivity contribution in [3.8, 4) is 11.5 Å². The molecule has 0 bridgehead atoms. The van der Waals surface area contributed by atoms with Crippen molar-refractivity contribution < 1.29 is 14.4 Å². The lowest BCUT2D eigenvalue weighted by Crippen LogP contribution is -2.32. The number of aromatic hydroxyl groups is 1. The molecule has 0 spiro atoms. The van der Waals surface area contributed by atoms with Crippen LogP contribution < -0.4 is 10.1 Å². The molecule has 4 nitrogen and oxygen atoms in total. The van der Waals surface area contributed by atoms with Gasteiger partial charge in [0.05, 0.1) is 11.8 Å². The fourth-order valence-electron chi connectivity index (χ4n) is 3.41. The van der Waals surface area contributed by atoms with Gasteiger partial charge in [-0.2, -0.15) is 0 Å². The van der Waals surface area contributed by atoms with Crippen LogP contribution in [-0.2, 0) is 0 Å². The van der Waals surface area contributed by atoms with E-state index in [4.69, 9.17) is 4.74 Å². The molecule has 0 amide bonds. The van der Waals surface area contributed by atoms with E-state index in [1.165, 1.54) is 0 Å². The zero-order valence-electron chi connectivity index (χ0n) is 13.9. The number of fused-ring (bicyclic) bond motifs is 4. The molecule has 1 atom stereocenters. The maximum atomic E-state index is 10.3. The van der Waals surface area contributed by atoms with Crippen molar-refractivity contribution in [2.75, 3.05) is 18.4 Å². The first-order valence-corrected chi connectivity index (χ1v) is 8.42. The summed E-state index contributed by atoms with van der Waals surface area (Å²) in [6.07, 6.45) is 6.36. The van der Waals surface area contributed by atoms with Crippen molar-refractivity contribution in [3.63, 3.8) is 0 Å². The second kappa shape index (κ2) is 5.71. The van der Waals surface area contributed by atoms with E-state index in [0.717, 1.165) is 41.0 Å². The summed E-state index contributed by atoms with van der Waals surface area (Å²) in [5.41, 5.74) is 2.09. The number of allylic oxidation sites excluding steroid dienone is 2. The van der Waals surface area contributed by atoms with Crippen molar-refractivity contribution in [3.05, 3.63) is 54.3 Å². The molecule has 4 heteroatoms. The van der Waals surface area contributed by atoms with Crippen LogP contribution in [0.25, 0.3) is 10.8 Å². The normalized spacial score (nSPS) is 18.3. The summed E-state index contributed by atoms with van der Waals surface area (Å²) in [5.74, 6) is 1.77. The Morgan fingerprint density at radius 2 is 1.92 bits per heavy atom. The highest BCUT2D eigenvalue weighted by Crippen LogP contribution is 2.43. The average Bonchev–Trinajstić information content (AvgIpc) is 2.62. The monoisotopic (exact) mass is 321 g/mol. The standard InChI is InChI=1S/C20H20N2O2/c1-3-22(4-2)13-9-10-16-18(11-13)24-19-12-17(23)14-7-5-6-8-15(14)20(19)21-16/h5-12,16,21H,3-4H2,1-2H3/p+1. The summed E-state index contributed by atoms with van der Waals surface area (Å²) in [7, 11) is 0. The van der Waals surface area contributed by atoms with Gasteiger partial charge in [0.25, 0.3) is 0 Å². The maximum absolute atomic E-state index is 10.3. The number of ether oxygens (including phenoxy) is 1. The molecular formula is C20H21N2O2+. The fraction of sp³-hybridized carbons (Fsp3) is 0.250. The molecule has 2 aromatic carbocycles. The Balaban J connectivity index is 1.82. The van der Waals surface area contributed by atoms with Crippen LogP contribution in [0.2, 0.25) is 0 Å². The van der Waals surface area contributed by atoms with E-state index in [1.807, 2.05) is 24.3 Å². The molecule has 2 aromatic rings. The Hall–Kier alpha value is -2.75. The molecule has 24 heavy (non-hydrogen) atoms. The summed E-state index contributed by atoms with van der Waals surface area (Å²) in [4.78, 5) is 0. The molecule has 0 saturated carbocycles. The summed E-state index contributed by atoms with van der Waals surface area (Å²) in [5, 5.41) is 15.6. The number of hydrogen-bond donors (Lipinski definition) is 2. The van der Waals surface area contributed by atoms with Crippen LogP contribution in [0, 0.1) is 0 Å². The first-order chi connectivity index (χ1) is 11.7. The molecule has 1 aliphatic carbocycles. The average molecular weight is 321 g/mol. The number of nitrogens with one attached hydrogen (secondary N) is 1. The van der Waals surface area contributed by atoms with Crippen molar-refractivity contribution in [1.29, 1.82) is 0 Å². The van der Waals surface area contributed by atoms with Crippen molar-refractivity contribution in [1.82, 2.24) is 0 Å². The van der Waals surface area contributed by atoms with Gasteiger partial charge in [-0.3, -0.25) is 0 Å². The maximum Gasteiger partial charge on any atom is 0.203 e. The summed E-state index contributed by atoms with van der Waals surface area (Å²) in [6, 6.07) is 9.52. The molecular weight excluding hydrogens is 300 g/mol. The van der Waals surface area contributed by atoms with E-state index in [1.54, 1.807) is 6.07 Å². The predicted octanol–water partition coefficient (Wildman–Crippen LogP) is 3.67. The number of rotatable bonds is 2. The van der Waals surface area contributed by atoms with Crippen LogP contribution in [0.15, 0.2) is 54.3 Å². The Bertz CT molecular complexity index is 903. The summed E-state index contributed by atoms with van der Waals surface area (Å²) in [6.45, 7) is 6.21. The number of phenols is 1. The van der Waals surface area contributed by atoms with E-state index < -0.39 is 0 Å². The zero-order chi connectivity index (χ0) is 16.7. The molecule has 2 N–H and O–H groups in total. The van der Waals surface area contributed by atoms with Gasteiger partial charge in [0.1, 0.15) is 30.6 Å². The van der Waals surface area contributed by atoms with Gasteiger partial charge in [-0.15, -0.1) is 0 Å². The van der Waals surface area contributed by atoms with Gasteiger partial charge in [0.2, 0.25) is 5.71 Å². The Morgan fingerprint density at radius 1 is 1.17 bits per heavy atom. The van der Waals surface area contributed by atoms with E-state index in [0.29, 0.717) is 5.75 Å². The van der Waals surface area contributed by atoms with E-state index >= 15 is 0 Å². The minimum Gasteiger partial charge on any atom is -0.507 e. The third-order valence-electron chi connectivity index (χ3n) is 4.70. The number of nitrogens with zero attached hydrogens (tertiary/aromatic N) is 1. The topological polar surface area (TPSA) is 44.5 Å². The van der Waals surface area contributed by atoms with Crippen molar-refractivity contribution in [2.24, 2.45) is 0 Å². The second-order valence-corrected chi connectivity index (χ2v) is 6.04. The fourth-order valence-corrected chi connectivity index (χ4v) is 3.41. The molecule has 4 rings (SSSR count). The van der Waals surface area contributed by atoms with Crippen molar-refractivity contribution >= 4 is 22.2 Å². The molecule has 1 unspecified atom stereocenters. The Labute approximate surface area is 141 Å². The molecule has 0 aromatic heterocycles. The van der Waals surface area contributed by atoms with Crippen LogP contribution in [-0.4, -0.2) is 34.5 Å². The Kier molecular flexibility index (Phi) is 3.53. The quantitative estimate of drug-likeness (QED) is 0.655. The van der Waals surface area contributed by atoms with Crippen LogP contribution in [0.4, 0.5) is 5.69 Å². The van der Waals surface area contributed by atoms with E-state index in [9.17, 15) is 5.11 Å². The Morgan fingerprint density at radius 3 is 2.67 bits per heavy atom. The van der Waals surface area contributed by atoms with Gasteiger partial charge in [-0.1, -0.05) is 24.3 Å². The highest BCUT2D eigenvalue weighted by molar-refractivity contribution is 6.04. The molecule has 0 fully saturated rings. The SMILES string of the molecule is CC[N+](CC)=C1C=CC2Nc3c(cc(O)c4ccccc34)OC2=C1. The lowest BCUT2D eigenvalue weighted by Gasteiger charge is -2.30. The minimum atomic E-state index is 0.0183. The first kappa shape index (κ1) is 14.8. The van der Waals surface area contributed by atoms with Gasteiger partial charge in [0.15, 0.2) is 5.75 Å². The van der Waals surface area contributed by atoms with Gasteiger partial charge < -0.3 is 15.2 Å². The van der Waals surface area contributed by atoms with Crippen molar-refractivity contribution in [2.45, 2.75) is 19.9 Å². The van der Waals surface area contributed by atoms with Crippen LogP contribution >= 0.6 is 0 Å². The van der Waals surface area contributed by atoms with Gasteiger partial charge in [0, 0.05) is 22.9 Å². The number of phenolic OH excluding ortho intramolecular Hbond substituents is 1. The summed E-state index contributed by atoms with van der Waals surface area (Å²) >= 11 is 0. The lowest BCUT2D eigenvalue weighted by atomic mass is 10.0. The largest absolute Gasteiger partial charge is 0.507 e. The minimum absolute atomic E-state index is 0.0183. The third-order valence-corrected chi connectivity index (χ3v) is 4.70. The van der Waals surface area contributed by atoms with E-state index in [2.05, 4.69) is 42.0 Å². The highest BCUT2D eigenvalue weighted by atomic mass is 16.5. The smallest absolute Gasteiger partial charge is 0.203 e. The number of benzene rings is 2. The lowest BCUT2D eigenvalue weighted by molar-refractivity contribution is -0.519. The van der Waals surface area contributed by atoms with E-state index in [-0.39, 0.29) is 11.8 Å². The van der Waals surface area contributed by atoms with Gasteiger partial charge >= 0.3 is 0 Å². The second-order valence-electron chi connectivity index (χ2n) is 6.04. The molecule has 0 saturated heterocycles. The summed E-state index contributed by atoms with van der Waals surface area (Å²) < 4.78 is 8.42. The molecule has 2 aliphatic rings. The van der Waals surface area contributed by atoms with Crippen LogP contribution in [0.3, 0.4) is 0 Å². The van der Waals surface area contributed by atoms with Gasteiger partial charge in [-0.05, 0) is 19.9 Å². The predicted molar refractivity (Wildman–Crippen MR) is 97.2 cm³/mol. The van der Waals surface area contributed by atoms with Crippen LogP contribution in [0.1, 0.15) is 13.8 Å². The van der Waals surface area contributed by atoms with Gasteiger partial charge in [-0.25, -0.2) is 4.58 Å². The third kappa shape index (κ3) is 2.26. The number of hydrogen-bond acceptors (Lipinski definition) is 3.